The van der Waals surface area contributed by atoms with Gasteiger partial charge in [0.25, 0.3) is 11.8 Å². The third-order valence-electron chi connectivity index (χ3n) is 4.58. The van der Waals surface area contributed by atoms with Crippen molar-refractivity contribution in [1.29, 1.82) is 0 Å². The van der Waals surface area contributed by atoms with Crippen LogP contribution in [0.3, 0.4) is 0 Å². The van der Waals surface area contributed by atoms with Gasteiger partial charge in [-0.3, -0.25) is 15.0 Å². The SMILES string of the molecule is CCC/C=C1/SC(c2ccc(OC)c(OC)c2)N(NC(=O)c2ccccc2O)C1=O. The molecular weight excluding hydrogens is 404 g/mol. The number of carbonyl (C=O) groups excluding carboxylic acids is 2. The summed E-state index contributed by atoms with van der Waals surface area (Å²) in [4.78, 5) is 26.3. The zero-order chi connectivity index (χ0) is 21.7. The first-order valence-electron chi connectivity index (χ1n) is 9.51. The summed E-state index contributed by atoms with van der Waals surface area (Å²) in [5, 5.41) is 10.8. The van der Waals surface area contributed by atoms with Gasteiger partial charge in [-0.15, -0.1) is 0 Å². The molecule has 3 rings (SSSR count). The minimum Gasteiger partial charge on any atom is -0.507 e. The Labute approximate surface area is 179 Å². The topological polar surface area (TPSA) is 88.1 Å². The van der Waals surface area contributed by atoms with Gasteiger partial charge in [0.1, 0.15) is 11.1 Å². The Balaban J connectivity index is 1.95. The molecule has 0 radical (unpaired) electrons. The smallest absolute Gasteiger partial charge is 0.279 e. The molecule has 0 bridgehead atoms. The second-order valence-corrected chi connectivity index (χ2v) is 7.70. The summed E-state index contributed by atoms with van der Waals surface area (Å²) in [5.41, 5.74) is 3.52. The average Bonchev–Trinajstić information content (AvgIpc) is 3.07. The van der Waals surface area contributed by atoms with E-state index in [9.17, 15) is 14.7 Å². The first kappa shape index (κ1) is 21.6. The van der Waals surface area contributed by atoms with Crippen molar-refractivity contribution in [1.82, 2.24) is 10.4 Å². The highest BCUT2D eigenvalue weighted by molar-refractivity contribution is 8.04. The summed E-state index contributed by atoms with van der Waals surface area (Å²) in [6.45, 7) is 2.03. The molecule has 1 atom stereocenters. The monoisotopic (exact) mass is 428 g/mol. The summed E-state index contributed by atoms with van der Waals surface area (Å²) in [6, 6.07) is 11.6. The Hall–Kier alpha value is -3.13. The second-order valence-electron chi connectivity index (χ2n) is 6.57. The molecule has 2 amide bonds. The minimum absolute atomic E-state index is 0.0901. The summed E-state index contributed by atoms with van der Waals surface area (Å²) in [7, 11) is 3.09. The van der Waals surface area contributed by atoms with Crippen LogP contribution in [-0.2, 0) is 4.79 Å². The van der Waals surface area contributed by atoms with Gasteiger partial charge in [0, 0.05) is 0 Å². The van der Waals surface area contributed by atoms with Crippen molar-refractivity contribution in [2.45, 2.75) is 25.1 Å². The number of methoxy groups -OCH3 is 2. The number of aromatic hydroxyl groups is 1. The van der Waals surface area contributed by atoms with Gasteiger partial charge in [0.2, 0.25) is 0 Å². The van der Waals surface area contributed by atoms with Crippen LogP contribution in [0.4, 0.5) is 0 Å². The molecule has 2 aromatic rings. The van der Waals surface area contributed by atoms with Gasteiger partial charge in [-0.1, -0.05) is 49.4 Å². The molecule has 2 aromatic carbocycles. The Morgan fingerprint density at radius 1 is 1.20 bits per heavy atom. The summed E-state index contributed by atoms with van der Waals surface area (Å²) < 4.78 is 10.7. The molecular formula is C22H24N2O5S. The van der Waals surface area contributed by atoms with Crippen LogP contribution < -0.4 is 14.9 Å². The lowest BCUT2D eigenvalue weighted by Crippen LogP contribution is -2.44. The first-order valence-corrected chi connectivity index (χ1v) is 10.4. The predicted molar refractivity (Wildman–Crippen MR) is 115 cm³/mol. The maximum Gasteiger partial charge on any atom is 0.279 e. The van der Waals surface area contributed by atoms with E-state index in [-0.39, 0.29) is 17.2 Å². The number of rotatable bonds is 7. The van der Waals surface area contributed by atoms with E-state index in [1.54, 1.807) is 38.5 Å². The van der Waals surface area contributed by atoms with Gasteiger partial charge in [0.15, 0.2) is 11.5 Å². The molecule has 1 unspecified atom stereocenters. The number of unbranched alkanes of at least 4 members (excludes halogenated alkanes) is 1. The Kier molecular flexibility index (Phi) is 6.89. The molecule has 7 nitrogen and oxygen atoms in total. The van der Waals surface area contributed by atoms with Crippen LogP contribution in [0.15, 0.2) is 53.4 Å². The summed E-state index contributed by atoms with van der Waals surface area (Å²) in [6.07, 6.45) is 3.55. The molecule has 1 heterocycles. The molecule has 2 N–H and O–H groups in total. The first-order chi connectivity index (χ1) is 14.5. The lowest BCUT2D eigenvalue weighted by atomic mass is 10.2. The number of hydrogen-bond acceptors (Lipinski definition) is 6. The zero-order valence-electron chi connectivity index (χ0n) is 17.0. The number of allylic oxidation sites excluding steroid dienone is 1. The number of thioether (sulfide) groups is 1. The molecule has 0 saturated carbocycles. The van der Waals surface area contributed by atoms with Gasteiger partial charge in [-0.25, -0.2) is 5.01 Å². The van der Waals surface area contributed by atoms with E-state index in [4.69, 9.17) is 9.47 Å². The van der Waals surface area contributed by atoms with Crippen molar-refractivity contribution in [3.63, 3.8) is 0 Å². The number of phenolic OH excluding ortho intramolecular Hbond substituents is 1. The van der Waals surface area contributed by atoms with Crippen LogP contribution in [0.5, 0.6) is 17.2 Å². The van der Waals surface area contributed by atoms with Crippen LogP contribution in [0.2, 0.25) is 0 Å². The molecule has 30 heavy (non-hydrogen) atoms. The largest absolute Gasteiger partial charge is 0.507 e. The minimum atomic E-state index is -0.565. The highest BCUT2D eigenvalue weighted by Crippen LogP contribution is 2.46. The second kappa shape index (κ2) is 9.58. The normalized spacial score (nSPS) is 17.3. The van der Waals surface area contributed by atoms with Gasteiger partial charge >= 0.3 is 0 Å². The number of para-hydroxylation sites is 1. The van der Waals surface area contributed by atoms with E-state index in [2.05, 4.69) is 5.43 Å². The maximum atomic E-state index is 13.0. The van der Waals surface area contributed by atoms with Crippen LogP contribution in [0.25, 0.3) is 0 Å². The van der Waals surface area contributed by atoms with E-state index in [1.165, 1.54) is 28.9 Å². The Bertz CT molecular complexity index is 976. The molecule has 0 aliphatic carbocycles. The Morgan fingerprint density at radius 2 is 1.93 bits per heavy atom. The molecule has 1 aliphatic rings. The van der Waals surface area contributed by atoms with E-state index in [1.807, 2.05) is 19.1 Å². The van der Waals surface area contributed by atoms with Gasteiger partial charge < -0.3 is 14.6 Å². The van der Waals surface area contributed by atoms with Crippen molar-refractivity contribution in [2.75, 3.05) is 14.2 Å². The number of ether oxygens (including phenoxy) is 2. The van der Waals surface area contributed by atoms with Crippen LogP contribution in [0.1, 0.15) is 41.1 Å². The number of nitrogens with one attached hydrogen (secondary N) is 1. The van der Waals surface area contributed by atoms with Gasteiger partial charge in [-0.2, -0.15) is 0 Å². The Morgan fingerprint density at radius 3 is 2.60 bits per heavy atom. The number of hydrogen-bond donors (Lipinski definition) is 2. The fraction of sp³-hybridized carbons (Fsp3) is 0.273. The fourth-order valence-electron chi connectivity index (χ4n) is 3.03. The maximum absolute atomic E-state index is 13.0. The summed E-state index contributed by atoms with van der Waals surface area (Å²) in [5.74, 6) is 0.0862. The van der Waals surface area contributed by atoms with Crippen molar-refractivity contribution in [3.8, 4) is 17.2 Å². The molecule has 158 valence electrons. The molecule has 1 saturated heterocycles. The van der Waals surface area contributed by atoms with Gasteiger partial charge in [0.05, 0.1) is 24.7 Å². The average molecular weight is 429 g/mol. The van der Waals surface area contributed by atoms with E-state index in [0.29, 0.717) is 16.4 Å². The highest BCUT2D eigenvalue weighted by Gasteiger charge is 2.39. The van der Waals surface area contributed by atoms with E-state index < -0.39 is 11.3 Å². The third-order valence-corrected chi connectivity index (χ3v) is 5.89. The predicted octanol–water partition coefficient (Wildman–Crippen LogP) is 4.01. The van der Waals surface area contributed by atoms with Crippen molar-refractivity contribution in [3.05, 3.63) is 64.6 Å². The van der Waals surface area contributed by atoms with Crippen LogP contribution >= 0.6 is 11.8 Å². The van der Waals surface area contributed by atoms with Gasteiger partial charge in [-0.05, 0) is 36.2 Å². The van der Waals surface area contributed by atoms with E-state index in [0.717, 1.165) is 18.4 Å². The lowest BCUT2D eigenvalue weighted by molar-refractivity contribution is -0.128. The molecule has 0 spiro atoms. The lowest BCUT2D eigenvalue weighted by Gasteiger charge is -2.24. The fourth-order valence-corrected chi connectivity index (χ4v) is 4.22. The number of benzene rings is 2. The van der Waals surface area contributed by atoms with Crippen molar-refractivity contribution < 1.29 is 24.2 Å². The quantitative estimate of drug-likeness (QED) is 0.648. The molecule has 0 aromatic heterocycles. The highest BCUT2D eigenvalue weighted by atomic mass is 32.2. The standard InChI is InChI=1S/C22H24N2O5S/c1-4-5-10-19-21(27)24(23-20(26)15-8-6-7-9-16(15)25)22(30-19)14-11-12-17(28-2)18(13-14)29-3/h6-13,22,25H,4-5H2,1-3H3,(H,23,26)/b19-10+. The van der Waals surface area contributed by atoms with Crippen LogP contribution in [-0.4, -0.2) is 36.1 Å². The summed E-state index contributed by atoms with van der Waals surface area (Å²) >= 11 is 1.36. The number of phenols is 1. The molecule has 1 fully saturated rings. The molecule has 8 heteroatoms. The van der Waals surface area contributed by atoms with Crippen molar-refractivity contribution >= 4 is 23.6 Å². The third kappa shape index (κ3) is 4.38. The molecule has 1 aliphatic heterocycles. The number of carbonyl (C=O) groups is 2. The van der Waals surface area contributed by atoms with Crippen molar-refractivity contribution in [2.24, 2.45) is 0 Å². The number of amides is 2. The number of nitrogens with zero attached hydrogens (tertiary/aromatic N) is 1. The van der Waals surface area contributed by atoms with Crippen LogP contribution in [0, 0.1) is 0 Å². The number of hydrazine groups is 1. The van der Waals surface area contributed by atoms with E-state index >= 15 is 0 Å². The zero-order valence-corrected chi connectivity index (χ0v) is 17.9.